The van der Waals surface area contributed by atoms with Crippen molar-refractivity contribution >= 4 is 18.1 Å². The Bertz CT molecular complexity index is 738. The monoisotopic (exact) mass is 375 g/mol. The third kappa shape index (κ3) is 5.88. The Balaban J connectivity index is 1.75. The molecule has 2 rings (SSSR count). The van der Waals surface area contributed by atoms with Gasteiger partial charge in [-0.15, -0.1) is 0 Å². The van der Waals surface area contributed by atoms with Gasteiger partial charge in [0.05, 0.1) is 24.9 Å². The van der Waals surface area contributed by atoms with Crippen LogP contribution in [0.2, 0.25) is 0 Å². The summed E-state index contributed by atoms with van der Waals surface area (Å²) in [6, 6.07) is 13.2. The third-order valence-corrected chi connectivity index (χ3v) is 4.58. The Hall–Kier alpha value is -2.34. The summed E-state index contributed by atoms with van der Waals surface area (Å²) < 4.78 is 10.2. The van der Waals surface area contributed by atoms with Gasteiger partial charge in [-0.25, -0.2) is 4.79 Å². The number of hydrogen-bond donors (Lipinski definition) is 2. The molecule has 0 aliphatic rings. The van der Waals surface area contributed by atoms with E-state index in [0.29, 0.717) is 18.0 Å². The zero-order valence-corrected chi connectivity index (χ0v) is 16.4. The summed E-state index contributed by atoms with van der Waals surface area (Å²) in [6.07, 6.45) is -0.486. The number of phenols is 1. The maximum absolute atomic E-state index is 11.8. The van der Waals surface area contributed by atoms with Gasteiger partial charge in [0.15, 0.2) is 11.5 Å². The van der Waals surface area contributed by atoms with Crippen molar-refractivity contribution in [2.45, 2.75) is 38.5 Å². The first-order chi connectivity index (χ1) is 12.3. The lowest BCUT2D eigenvalue weighted by Gasteiger charge is -2.19. The topological polar surface area (TPSA) is 67.8 Å². The molecule has 26 heavy (non-hydrogen) atoms. The summed E-state index contributed by atoms with van der Waals surface area (Å²) in [6.45, 7) is 6.91. The maximum atomic E-state index is 11.8. The van der Waals surface area contributed by atoms with E-state index in [4.69, 9.17) is 8.92 Å². The van der Waals surface area contributed by atoms with E-state index in [1.807, 2.05) is 12.1 Å². The number of ether oxygens (including phenoxy) is 1. The van der Waals surface area contributed by atoms with E-state index in [0.717, 1.165) is 23.2 Å². The quantitative estimate of drug-likeness (QED) is 0.712. The fraction of sp³-hybridized carbons (Fsp3) is 0.350. The Morgan fingerprint density at radius 3 is 2.38 bits per heavy atom. The summed E-state index contributed by atoms with van der Waals surface area (Å²) in [5.41, 5.74) is 3.26. The summed E-state index contributed by atoms with van der Waals surface area (Å²) >= 11 is 1.03. The van der Waals surface area contributed by atoms with E-state index in [1.54, 1.807) is 18.2 Å². The molecule has 0 fully saturated rings. The molecule has 2 N–H and O–H groups in total. The Morgan fingerprint density at radius 2 is 1.77 bits per heavy atom. The fourth-order valence-corrected chi connectivity index (χ4v) is 2.83. The van der Waals surface area contributed by atoms with E-state index >= 15 is 0 Å². The number of hydrogen-bond acceptors (Lipinski definition) is 5. The molecule has 0 aliphatic carbocycles. The van der Waals surface area contributed by atoms with Crippen molar-refractivity contribution in [3.05, 3.63) is 59.2 Å². The number of rotatable bonds is 6. The Labute approximate surface area is 158 Å². The molecule has 0 aromatic heterocycles. The smallest absolute Gasteiger partial charge is 0.419 e. The van der Waals surface area contributed by atoms with E-state index in [1.165, 1.54) is 12.7 Å². The minimum Gasteiger partial charge on any atom is -0.504 e. The molecule has 5 nitrogen and oxygen atoms in total. The SMILES string of the molecule is COc1cc(CSOC(=O)NCc2ccc(C(C)(C)C)cc2)ccc1O. The molecular weight excluding hydrogens is 350 g/mol. The van der Waals surface area contributed by atoms with Crippen LogP contribution in [0.3, 0.4) is 0 Å². The number of benzene rings is 2. The average Bonchev–Trinajstić information content (AvgIpc) is 2.61. The molecule has 0 atom stereocenters. The highest BCUT2D eigenvalue weighted by atomic mass is 32.2. The number of nitrogens with one attached hydrogen (secondary N) is 1. The van der Waals surface area contributed by atoms with Crippen LogP contribution in [0, 0.1) is 0 Å². The first-order valence-electron chi connectivity index (χ1n) is 8.32. The van der Waals surface area contributed by atoms with Crippen LogP contribution in [0.25, 0.3) is 0 Å². The van der Waals surface area contributed by atoms with Gasteiger partial charge in [-0.3, -0.25) is 0 Å². The molecule has 140 valence electrons. The highest BCUT2D eigenvalue weighted by molar-refractivity contribution is 7.94. The van der Waals surface area contributed by atoms with Crippen LogP contribution in [-0.4, -0.2) is 18.3 Å². The molecule has 0 bridgehead atoms. The van der Waals surface area contributed by atoms with Crippen LogP contribution in [0.1, 0.15) is 37.5 Å². The predicted molar refractivity (Wildman–Crippen MR) is 104 cm³/mol. The van der Waals surface area contributed by atoms with Gasteiger partial charge in [0, 0.05) is 6.54 Å². The minimum absolute atomic E-state index is 0.0809. The molecule has 0 radical (unpaired) electrons. The van der Waals surface area contributed by atoms with Crippen molar-refractivity contribution < 1.29 is 18.8 Å². The lowest BCUT2D eigenvalue weighted by atomic mass is 9.87. The zero-order chi connectivity index (χ0) is 19.2. The maximum Gasteiger partial charge on any atom is 0.419 e. The molecule has 2 aromatic carbocycles. The summed E-state index contributed by atoms with van der Waals surface area (Å²) in [4.78, 5) is 11.8. The minimum atomic E-state index is -0.486. The lowest BCUT2D eigenvalue weighted by molar-refractivity contribution is 0.208. The van der Waals surface area contributed by atoms with Gasteiger partial charge in [0.25, 0.3) is 0 Å². The molecule has 0 saturated carbocycles. The van der Waals surface area contributed by atoms with Gasteiger partial charge in [-0.2, -0.15) is 0 Å². The number of carbonyl (C=O) groups is 1. The number of methoxy groups -OCH3 is 1. The molecule has 0 spiro atoms. The van der Waals surface area contributed by atoms with Gasteiger partial charge in [0.2, 0.25) is 0 Å². The highest BCUT2D eigenvalue weighted by Crippen LogP contribution is 2.28. The van der Waals surface area contributed by atoms with Crippen molar-refractivity contribution in [1.82, 2.24) is 5.32 Å². The molecule has 0 unspecified atom stereocenters. The summed E-state index contributed by atoms with van der Waals surface area (Å²) in [7, 11) is 1.49. The van der Waals surface area contributed by atoms with Crippen molar-refractivity contribution in [1.29, 1.82) is 0 Å². The van der Waals surface area contributed by atoms with E-state index < -0.39 is 6.09 Å². The van der Waals surface area contributed by atoms with Gasteiger partial charge in [0.1, 0.15) is 0 Å². The van der Waals surface area contributed by atoms with Crippen LogP contribution in [0.4, 0.5) is 4.79 Å². The molecule has 6 heteroatoms. The van der Waals surface area contributed by atoms with Crippen LogP contribution in [0.5, 0.6) is 11.5 Å². The zero-order valence-electron chi connectivity index (χ0n) is 15.5. The number of amides is 1. The second-order valence-corrected chi connectivity index (χ2v) is 7.63. The van der Waals surface area contributed by atoms with E-state index in [2.05, 4.69) is 38.2 Å². The number of carbonyl (C=O) groups excluding carboxylic acids is 1. The molecule has 1 amide bonds. The predicted octanol–water partition coefficient (Wildman–Crippen LogP) is 4.77. The number of phenolic OH excluding ortho intramolecular Hbond substituents is 1. The van der Waals surface area contributed by atoms with Gasteiger partial charge < -0.3 is 19.3 Å². The standard InChI is InChI=1S/C20H25NO4S/c1-20(2,3)16-8-5-14(6-9-16)12-21-19(23)25-26-13-15-7-10-17(22)18(11-15)24-4/h5-11,22H,12-13H2,1-4H3,(H,21,23). The molecule has 0 saturated heterocycles. The highest BCUT2D eigenvalue weighted by Gasteiger charge is 2.13. The first kappa shape index (κ1) is 20.0. The van der Waals surface area contributed by atoms with E-state index in [9.17, 15) is 9.90 Å². The third-order valence-electron chi connectivity index (χ3n) is 3.86. The van der Waals surface area contributed by atoms with Crippen molar-refractivity contribution in [3.8, 4) is 11.5 Å². The molecule has 0 aliphatic heterocycles. The average molecular weight is 375 g/mol. The second-order valence-electron chi connectivity index (χ2n) is 6.94. The van der Waals surface area contributed by atoms with Crippen molar-refractivity contribution in [3.63, 3.8) is 0 Å². The Kier molecular flexibility index (Phi) is 6.80. The lowest BCUT2D eigenvalue weighted by Crippen LogP contribution is -2.21. The number of aromatic hydroxyl groups is 1. The second kappa shape index (κ2) is 8.85. The molecular formula is C20H25NO4S. The van der Waals surface area contributed by atoms with Crippen molar-refractivity contribution in [2.75, 3.05) is 7.11 Å². The first-order valence-corrected chi connectivity index (χ1v) is 9.23. The van der Waals surface area contributed by atoms with Gasteiger partial charge in [-0.1, -0.05) is 51.1 Å². The van der Waals surface area contributed by atoms with E-state index in [-0.39, 0.29) is 11.2 Å². The van der Waals surface area contributed by atoms with Crippen LogP contribution < -0.4 is 10.1 Å². The summed E-state index contributed by atoms with van der Waals surface area (Å²) in [5, 5.41) is 12.3. The van der Waals surface area contributed by atoms with Gasteiger partial charge >= 0.3 is 6.09 Å². The fourth-order valence-electron chi connectivity index (χ4n) is 2.29. The molecule has 2 aromatic rings. The van der Waals surface area contributed by atoms with Crippen molar-refractivity contribution in [2.24, 2.45) is 0 Å². The van der Waals surface area contributed by atoms with Crippen LogP contribution in [0.15, 0.2) is 42.5 Å². The largest absolute Gasteiger partial charge is 0.504 e. The molecule has 0 heterocycles. The Morgan fingerprint density at radius 1 is 1.12 bits per heavy atom. The van der Waals surface area contributed by atoms with Crippen LogP contribution >= 0.6 is 12.0 Å². The van der Waals surface area contributed by atoms with Crippen LogP contribution in [-0.2, 0) is 21.9 Å². The summed E-state index contributed by atoms with van der Waals surface area (Å²) in [5.74, 6) is 0.938. The van der Waals surface area contributed by atoms with Gasteiger partial charge in [-0.05, 0) is 34.2 Å². The normalized spacial score (nSPS) is 11.1.